The van der Waals surface area contributed by atoms with Crippen LogP contribution in [0.4, 0.5) is 5.69 Å². The second-order valence-corrected chi connectivity index (χ2v) is 5.71. The minimum Gasteiger partial charge on any atom is -0.497 e. The second-order valence-electron chi connectivity index (χ2n) is 5.71. The van der Waals surface area contributed by atoms with E-state index < -0.39 is 0 Å². The Balaban J connectivity index is 0.00000364. The molecule has 0 spiro atoms. The van der Waals surface area contributed by atoms with Crippen LogP contribution in [0.5, 0.6) is 11.5 Å². The van der Waals surface area contributed by atoms with Crippen molar-refractivity contribution in [1.29, 1.82) is 0 Å². The van der Waals surface area contributed by atoms with Gasteiger partial charge in [-0.1, -0.05) is 12.1 Å². The molecule has 0 unspecified atom stereocenters. The smallest absolute Gasteiger partial charge is 0.193 e. The summed E-state index contributed by atoms with van der Waals surface area (Å²) in [7, 11) is 1.63. The number of nitrogens with two attached hydrogens (primary N) is 1. The zero-order chi connectivity index (χ0) is 18.8. The van der Waals surface area contributed by atoms with Gasteiger partial charge in [0.1, 0.15) is 18.1 Å². The maximum atomic E-state index is 5.99. The van der Waals surface area contributed by atoms with E-state index in [0.29, 0.717) is 32.3 Å². The summed E-state index contributed by atoms with van der Waals surface area (Å²) >= 11 is 0. The third kappa shape index (κ3) is 8.04. The zero-order valence-electron chi connectivity index (χ0n) is 16.0. The van der Waals surface area contributed by atoms with E-state index in [0.717, 1.165) is 28.3 Å². The van der Waals surface area contributed by atoms with Gasteiger partial charge in [-0.3, -0.25) is 0 Å². The Morgan fingerprint density at radius 3 is 2.52 bits per heavy atom. The lowest BCUT2D eigenvalue weighted by Crippen LogP contribution is -2.22. The third-order valence-electron chi connectivity index (χ3n) is 3.69. The highest BCUT2D eigenvalue weighted by atomic mass is 127. The molecule has 27 heavy (non-hydrogen) atoms. The fourth-order valence-electron chi connectivity index (χ4n) is 2.31. The summed E-state index contributed by atoms with van der Waals surface area (Å²) in [4.78, 5) is 4.41. The molecule has 0 aromatic heterocycles. The van der Waals surface area contributed by atoms with Crippen LogP contribution in [0.1, 0.15) is 18.1 Å². The molecule has 0 fully saturated rings. The Kier molecular flexibility index (Phi) is 10.6. The number of rotatable bonds is 9. The SMILES string of the molecule is CCOCCOc1cc(C)ccc1CN=C(N)Nc1ccc(OC)cc1.I. The van der Waals surface area contributed by atoms with E-state index in [1.165, 1.54) is 0 Å². The molecular weight excluding hydrogens is 457 g/mol. The molecule has 0 amide bonds. The van der Waals surface area contributed by atoms with Gasteiger partial charge in [0.05, 0.1) is 20.3 Å². The molecule has 0 saturated carbocycles. The number of methoxy groups -OCH3 is 1. The molecule has 0 radical (unpaired) electrons. The lowest BCUT2D eigenvalue weighted by molar-refractivity contribution is 0.110. The molecule has 0 atom stereocenters. The van der Waals surface area contributed by atoms with Crippen LogP contribution >= 0.6 is 24.0 Å². The van der Waals surface area contributed by atoms with Gasteiger partial charge in [0.25, 0.3) is 0 Å². The normalized spacial score (nSPS) is 10.9. The first kappa shape index (κ1) is 23.0. The molecule has 2 aromatic rings. The summed E-state index contributed by atoms with van der Waals surface area (Å²) in [5, 5.41) is 3.07. The van der Waals surface area contributed by atoms with Crippen molar-refractivity contribution in [2.75, 3.05) is 32.2 Å². The number of halogens is 1. The van der Waals surface area contributed by atoms with Crippen molar-refractivity contribution in [2.45, 2.75) is 20.4 Å². The molecule has 7 heteroatoms. The highest BCUT2D eigenvalue weighted by Gasteiger charge is 2.05. The number of anilines is 1. The average Bonchev–Trinajstić information content (AvgIpc) is 2.65. The van der Waals surface area contributed by atoms with Crippen molar-refractivity contribution < 1.29 is 14.2 Å². The van der Waals surface area contributed by atoms with Crippen LogP contribution in [-0.4, -0.2) is 32.9 Å². The molecule has 3 N–H and O–H groups in total. The number of hydrogen-bond donors (Lipinski definition) is 2. The molecule has 0 aliphatic rings. The molecule has 0 heterocycles. The van der Waals surface area contributed by atoms with Crippen LogP contribution in [0.25, 0.3) is 0 Å². The van der Waals surface area contributed by atoms with Gasteiger partial charge in [0, 0.05) is 17.9 Å². The number of nitrogens with zero attached hydrogens (tertiary/aromatic N) is 1. The monoisotopic (exact) mass is 485 g/mol. The van der Waals surface area contributed by atoms with Crippen molar-refractivity contribution in [3.8, 4) is 11.5 Å². The van der Waals surface area contributed by atoms with Crippen LogP contribution < -0.4 is 20.5 Å². The summed E-state index contributed by atoms with van der Waals surface area (Å²) in [5.74, 6) is 1.95. The number of hydrogen-bond acceptors (Lipinski definition) is 4. The fraction of sp³-hybridized carbons (Fsp3) is 0.350. The van der Waals surface area contributed by atoms with Crippen molar-refractivity contribution >= 4 is 35.6 Å². The Labute approximate surface area is 178 Å². The Bertz CT molecular complexity index is 721. The molecule has 0 bridgehead atoms. The zero-order valence-corrected chi connectivity index (χ0v) is 18.4. The van der Waals surface area contributed by atoms with Gasteiger partial charge < -0.3 is 25.3 Å². The van der Waals surface area contributed by atoms with Gasteiger partial charge in [-0.05, 0) is 49.7 Å². The van der Waals surface area contributed by atoms with E-state index in [1.54, 1.807) is 7.11 Å². The van der Waals surface area contributed by atoms with Gasteiger partial charge in [-0.25, -0.2) is 4.99 Å². The van der Waals surface area contributed by atoms with Crippen molar-refractivity contribution in [2.24, 2.45) is 10.7 Å². The molecule has 0 aliphatic heterocycles. The van der Waals surface area contributed by atoms with Crippen LogP contribution in [0.3, 0.4) is 0 Å². The van der Waals surface area contributed by atoms with Gasteiger partial charge >= 0.3 is 0 Å². The highest BCUT2D eigenvalue weighted by Crippen LogP contribution is 2.21. The van der Waals surface area contributed by atoms with E-state index in [9.17, 15) is 0 Å². The maximum Gasteiger partial charge on any atom is 0.193 e. The van der Waals surface area contributed by atoms with E-state index >= 15 is 0 Å². The third-order valence-corrected chi connectivity index (χ3v) is 3.69. The summed E-state index contributed by atoms with van der Waals surface area (Å²) < 4.78 is 16.3. The summed E-state index contributed by atoms with van der Waals surface area (Å²) in [6, 6.07) is 13.5. The first-order chi connectivity index (χ1) is 12.6. The van der Waals surface area contributed by atoms with E-state index in [4.69, 9.17) is 19.9 Å². The lowest BCUT2D eigenvalue weighted by Gasteiger charge is -2.12. The van der Waals surface area contributed by atoms with E-state index in [1.807, 2.05) is 56.3 Å². The number of aliphatic imine (C=N–C) groups is 1. The fourth-order valence-corrected chi connectivity index (χ4v) is 2.31. The number of nitrogens with one attached hydrogen (secondary N) is 1. The number of guanidine groups is 1. The van der Waals surface area contributed by atoms with Crippen LogP contribution in [0, 0.1) is 6.92 Å². The minimum atomic E-state index is 0. The van der Waals surface area contributed by atoms with E-state index in [-0.39, 0.29) is 24.0 Å². The van der Waals surface area contributed by atoms with Gasteiger partial charge in [0.15, 0.2) is 5.96 Å². The topological polar surface area (TPSA) is 78.1 Å². The molecule has 0 aliphatic carbocycles. The summed E-state index contributed by atoms with van der Waals surface area (Å²) in [6.45, 7) is 6.18. The van der Waals surface area contributed by atoms with Crippen molar-refractivity contribution in [1.82, 2.24) is 0 Å². The van der Waals surface area contributed by atoms with Gasteiger partial charge in [0.2, 0.25) is 0 Å². The predicted molar refractivity (Wildman–Crippen MR) is 121 cm³/mol. The minimum absolute atomic E-state index is 0. The van der Waals surface area contributed by atoms with Crippen molar-refractivity contribution in [3.63, 3.8) is 0 Å². The van der Waals surface area contributed by atoms with Crippen LogP contribution in [-0.2, 0) is 11.3 Å². The van der Waals surface area contributed by atoms with Crippen LogP contribution in [0.15, 0.2) is 47.5 Å². The Morgan fingerprint density at radius 2 is 1.85 bits per heavy atom. The number of benzene rings is 2. The quantitative estimate of drug-likeness (QED) is 0.243. The molecule has 148 valence electrons. The maximum absolute atomic E-state index is 5.99. The molecule has 2 rings (SSSR count). The lowest BCUT2D eigenvalue weighted by atomic mass is 10.1. The highest BCUT2D eigenvalue weighted by molar-refractivity contribution is 14.0. The second kappa shape index (κ2) is 12.4. The average molecular weight is 485 g/mol. The largest absolute Gasteiger partial charge is 0.497 e. The number of ether oxygens (including phenoxy) is 3. The molecule has 0 saturated heterocycles. The van der Waals surface area contributed by atoms with Gasteiger partial charge in [-0.2, -0.15) is 0 Å². The van der Waals surface area contributed by atoms with Crippen molar-refractivity contribution in [3.05, 3.63) is 53.6 Å². The standard InChI is InChI=1S/C20H27N3O3.HI/c1-4-25-11-12-26-19-13-15(2)5-6-16(19)14-22-20(21)23-17-7-9-18(24-3)10-8-17;/h5-10,13H,4,11-12,14H2,1-3H3,(H3,21,22,23);1H. The van der Waals surface area contributed by atoms with E-state index in [2.05, 4.69) is 10.3 Å². The summed E-state index contributed by atoms with van der Waals surface area (Å²) in [6.07, 6.45) is 0. The van der Waals surface area contributed by atoms with Crippen LogP contribution in [0.2, 0.25) is 0 Å². The molecular formula is C20H28IN3O3. The Morgan fingerprint density at radius 1 is 1.11 bits per heavy atom. The predicted octanol–water partition coefficient (Wildman–Crippen LogP) is 3.96. The molecule has 2 aromatic carbocycles. The first-order valence-electron chi connectivity index (χ1n) is 8.63. The molecule has 6 nitrogen and oxygen atoms in total. The first-order valence-corrected chi connectivity index (χ1v) is 8.63. The number of aryl methyl sites for hydroxylation is 1. The Hall–Kier alpha value is -2.00. The summed E-state index contributed by atoms with van der Waals surface area (Å²) in [5.41, 5.74) is 8.95. The van der Waals surface area contributed by atoms with Gasteiger partial charge in [-0.15, -0.1) is 24.0 Å².